The molecule has 0 saturated carbocycles. The predicted octanol–water partition coefficient (Wildman–Crippen LogP) is 4.65. The monoisotopic (exact) mass is 416 g/mol. The molecule has 0 spiro atoms. The van der Waals surface area contributed by atoms with Crippen LogP contribution in [-0.2, 0) is 9.59 Å². The summed E-state index contributed by atoms with van der Waals surface area (Å²) in [5.74, 6) is -0.554. The van der Waals surface area contributed by atoms with Crippen molar-refractivity contribution in [2.75, 3.05) is 19.6 Å². The zero-order valence-electron chi connectivity index (χ0n) is 16.3. The van der Waals surface area contributed by atoms with Crippen LogP contribution in [0.5, 0.6) is 0 Å². The Hall–Kier alpha value is -3.12. The van der Waals surface area contributed by atoms with Gasteiger partial charge in [-0.15, -0.1) is 0 Å². The van der Waals surface area contributed by atoms with Gasteiger partial charge in [0.25, 0.3) is 11.1 Å². The molecule has 150 valence electrons. The van der Waals surface area contributed by atoms with Gasteiger partial charge in [0.1, 0.15) is 6.54 Å². The Morgan fingerprint density at radius 2 is 1.53 bits per heavy atom. The van der Waals surface area contributed by atoms with Crippen molar-refractivity contribution in [2.45, 2.75) is 12.8 Å². The first-order chi connectivity index (χ1) is 14.6. The molecule has 2 aliphatic rings. The predicted molar refractivity (Wildman–Crippen MR) is 120 cm³/mol. The summed E-state index contributed by atoms with van der Waals surface area (Å²) in [5.41, 5.74) is 0.917. The minimum atomic E-state index is -0.394. The molecule has 2 aliphatic heterocycles. The van der Waals surface area contributed by atoms with Gasteiger partial charge in [-0.05, 0) is 63.9 Å². The van der Waals surface area contributed by atoms with Gasteiger partial charge in [-0.3, -0.25) is 19.3 Å². The minimum absolute atomic E-state index is 0.160. The van der Waals surface area contributed by atoms with E-state index in [2.05, 4.69) is 6.07 Å². The van der Waals surface area contributed by atoms with Crippen LogP contribution in [0.25, 0.3) is 27.6 Å². The highest BCUT2D eigenvalue weighted by Gasteiger charge is 2.37. The molecule has 3 aromatic carbocycles. The summed E-state index contributed by atoms with van der Waals surface area (Å²) < 4.78 is 0. The van der Waals surface area contributed by atoms with Crippen LogP contribution in [0.4, 0.5) is 4.79 Å². The highest BCUT2D eigenvalue weighted by molar-refractivity contribution is 8.18. The van der Waals surface area contributed by atoms with Crippen molar-refractivity contribution >= 4 is 56.4 Å². The van der Waals surface area contributed by atoms with Gasteiger partial charge < -0.3 is 4.90 Å². The molecule has 0 radical (unpaired) electrons. The topological polar surface area (TPSA) is 57.7 Å². The molecule has 2 saturated heterocycles. The fraction of sp³-hybridized carbons (Fsp3) is 0.208. The van der Waals surface area contributed by atoms with Crippen LogP contribution < -0.4 is 0 Å². The Morgan fingerprint density at radius 3 is 2.17 bits per heavy atom. The van der Waals surface area contributed by atoms with Gasteiger partial charge in [-0.2, -0.15) is 0 Å². The number of hydrogen-bond acceptors (Lipinski definition) is 4. The first-order valence-electron chi connectivity index (χ1n) is 10.1. The lowest BCUT2D eigenvalue weighted by molar-refractivity contribution is -0.135. The summed E-state index contributed by atoms with van der Waals surface area (Å²) in [6.45, 7) is 1.22. The second kappa shape index (κ2) is 7.61. The first-order valence-corrected chi connectivity index (χ1v) is 10.9. The number of benzene rings is 3. The summed E-state index contributed by atoms with van der Waals surface area (Å²) >= 11 is 0.906. The molecule has 0 atom stereocenters. The molecule has 5 rings (SSSR count). The summed E-state index contributed by atoms with van der Waals surface area (Å²) in [5, 5.41) is 3.81. The van der Waals surface area contributed by atoms with Crippen molar-refractivity contribution in [1.82, 2.24) is 9.80 Å². The van der Waals surface area contributed by atoms with E-state index < -0.39 is 5.91 Å². The number of imide groups is 1. The Balaban J connectivity index is 1.53. The Bertz CT molecular complexity index is 1170. The third-order valence-corrected chi connectivity index (χ3v) is 6.62. The molecule has 0 N–H and O–H groups in total. The molecule has 3 aromatic rings. The molecule has 30 heavy (non-hydrogen) atoms. The molecule has 2 fully saturated rings. The number of rotatable bonds is 3. The van der Waals surface area contributed by atoms with Crippen molar-refractivity contribution in [3.05, 3.63) is 65.1 Å². The molecule has 2 heterocycles. The third-order valence-electron chi connectivity index (χ3n) is 5.71. The van der Waals surface area contributed by atoms with Gasteiger partial charge in [0, 0.05) is 13.1 Å². The van der Waals surface area contributed by atoms with Crippen LogP contribution >= 0.6 is 11.8 Å². The van der Waals surface area contributed by atoms with Crippen molar-refractivity contribution < 1.29 is 14.4 Å². The number of hydrogen-bond donors (Lipinski definition) is 0. The Labute approximate surface area is 178 Å². The van der Waals surface area contributed by atoms with Crippen LogP contribution in [0.1, 0.15) is 18.4 Å². The van der Waals surface area contributed by atoms with Crippen LogP contribution in [0.3, 0.4) is 0 Å². The molecule has 6 heteroatoms. The lowest BCUT2D eigenvalue weighted by Crippen LogP contribution is -2.40. The third kappa shape index (κ3) is 3.27. The van der Waals surface area contributed by atoms with Gasteiger partial charge in [0.2, 0.25) is 5.91 Å². The maximum Gasteiger partial charge on any atom is 0.294 e. The van der Waals surface area contributed by atoms with Gasteiger partial charge in [0.05, 0.1) is 4.91 Å². The Kier molecular flexibility index (Phi) is 4.79. The van der Waals surface area contributed by atoms with Crippen LogP contribution in [0.2, 0.25) is 0 Å². The summed E-state index contributed by atoms with van der Waals surface area (Å²) in [4.78, 5) is 41.1. The number of carbonyl (C=O) groups excluding carboxylic acids is 3. The van der Waals surface area contributed by atoms with E-state index in [0.29, 0.717) is 18.0 Å². The van der Waals surface area contributed by atoms with Crippen molar-refractivity contribution in [1.29, 1.82) is 0 Å². The van der Waals surface area contributed by atoms with E-state index in [-0.39, 0.29) is 17.7 Å². The smallest absolute Gasteiger partial charge is 0.294 e. The lowest BCUT2D eigenvalue weighted by Gasteiger charge is -2.18. The fourth-order valence-corrected chi connectivity index (χ4v) is 4.99. The summed E-state index contributed by atoms with van der Waals surface area (Å²) in [6, 6.07) is 18.2. The number of carbonyl (C=O) groups is 3. The standard InChI is InChI=1S/C24H20N2O3S/c27-22(25-11-5-6-12-25)15-26-23(28)21(30-24(26)29)14-20-18-9-3-1-7-16(18)13-17-8-2-4-10-19(17)20/h1-4,7-10,13-14H,5-6,11-12,15H2/b21-14+. The Morgan fingerprint density at radius 1 is 0.933 bits per heavy atom. The highest BCUT2D eigenvalue weighted by atomic mass is 32.2. The molecule has 0 aliphatic carbocycles. The normalized spacial score (nSPS) is 18.3. The maximum atomic E-state index is 13.0. The second-order valence-corrected chi connectivity index (χ2v) is 8.58. The van der Waals surface area contributed by atoms with Crippen molar-refractivity contribution in [2.24, 2.45) is 0 Å². The van der Waals surface area contributed by atoms with E-state index >= 15 is 0 Å². The molecular formula is C24H20N2O3S. The summed E-state index contributed by atoms with van der Waals surface area (Å²) in [6.07, 6.45) is 3.75. The van der Waals surface area contributed by atoms with E-state index in [0.717, 1.165) is 56.6 Å². The second-order valence-electron chi connectivity index (χ2n) is 7.59. The van der Waals surface area contributed by atoms with Crippen molar-refractivity contribution in [3.63, 3.8) is 0 Å². The van der Waals surface area contributed by atoms with E-state index in [1.165, 1.54) is 0 Å². The maximum absolute atomic E-state index is 13.0. The fourth-order valence-electron chi connectivity index (χ4n) is 4.17. The number of fused-ring (bicyclic) bond motifs is 2. The quantitative estimate of drug-likeness (QED) is 0.461. The van der Waals surface area contributed by atoms with Crippen LogP contribution in [0.15, 0.2) is 59.5 Å². The van der Waals surface area contributed by atoms with Crippen molar-refractivity contribution in [3.8, 4) is 0 Å². The number of nitrogens with zero attached hydrogens (tertiary/aromatic N) is 2. The average Bonchev–Trinajstić information content (AvgIpc) is 3.38. The number of amides is 3. The molecule has 3 amide bonds. The molecule has 0 unspecified atom stereocenters. The van der Waals surface area contributed by atoms with Gasteiger partial charge in [-0.1, -0.05) is 48.5 Å². The number of likely N-dealkylation sites (tertiary alicyclic amines) is 1. The zero-order valence-corrected chi connectivity index (χ0v) is 17.2. The SMILES string of the molecule is O=C(CN1C(=O)S/C(=C/c2c3ccccc3cc3ccccc23)C1=O)N1CCCC1. The molecular weight excluding hydrogens is 396 g/mol. The van der Waals surface area contributed by atoms with E-state index in [1.54, 1.807) is 11.0 Å². The lowest BCUT2D eigenvalue weighted by atomic mass is 9.96. The van der Waals surface area contributed by atoms with E-state index in [4.69, 9.17) is 0 Å². The van der Waals surface area contributed by atoms with E-state index in [9.17, 15) is 14.4 Å². The summed E-state index contributed by atoms with van der Waals surface area (Å²) in [7, 11) is 0. The minimum Gasteiger partial charge on any atom is -0.341 e. The molecule has 5 nitrogen and oxygen atoms in total. The molecule has 0 bridgehead atoms. The highest BCUT2D eigenvalue weighted by Crippen LogP contribution is 2.36. The first kappa shape index (κ1) is 18.9. The largest absolute Gasteiger partial charge is 0.341 e. The van der Waals surface area contributed by atoms with E-state index in [1.807, 2.05) is 48.5 Å². The van der Waals surface area contributed by atoms with Gasteiger partial charge in [0.15, 0.2) is 0 Å². The zero-order chi connectivity index (χ0) is 20.7. The number of thioether (sulfide) groups is 1. The van der Waals surface area contributed by atoms with Crippen LogP contribution in [-0.4, -0.2) is 46.5 Å². The van der Waals surface area contributed by atoms with Gasteiger partial charge in [-0.25, -0.2) is 0 Å². The average molecular weight is 417 g/mol. The molecule has 0 aromatic heterocycles. The van der Waals surface area contributed by atoms with Gasteiger partial charge >= 0.3 is 0 Å². The van der Waals surface area contributed by atoms with Crippen LogP contribution in [0, 0.1) is 0 Å².